The normalized spacial score (nSPS) is 12.4. The summed E-state index contributed by atoms with van der Waals surface area (Å²) in [6.07, 6.45) is 0. The molecule has 1 unspecified atom stereocenters. The highest BCUT2D eigenvalue weighted by Crippen LogP contribution is 2.06. The maximum Gasteiger partial charge on any atom is 0.234 e. The Morgan fingerprint density at radius 2 is 2.14 bits per heavy atom. The highest BCUT2D eigenvalue weighted by atomic mass is 16.1. The molecule has 1 aromatic carbocycles. The highest BCUT2D eigenvalue weighted by Gasteiger charge is 2.07. The molecule has 3 heteroatoms. The summed E-state index contributed by atoms with van der Waals surface area (Å²) >= 11 is 0. The van der Waals surface area contributed by atoms with Crippen molar-refractivity contribution < 1.29 is 4.79 Å². The Morgan fingerprint density at radius 3 is 2.71 bits per heavy atom. The zero-order valence-corrected chi connectivity index (χ0v) is 8.58. The molecule has 0 bridgehead atoms. The average Bonchev–Trinajstić information content (AvgIpc) is 2.16. The summed E-state index contributed by atoms with van der Waals surface area (Å²) in [5.74, 6) is -0.321. The molecule has 1 aromatic rings. The van der Waals surface area contributed by atoms with E-state index in [1.54, 1.807) is 6.92 Å². The molecule has 0 saturated heterocycles. The minimum atomic E-state index is -0.321. The number of primary amides is 1. The van der Waals surface area contributed by atoms with Crippen LogP contribution in [0.5, 0.6) is 0 Å². The topological polar surface area (TPSA) is 55.1 Å². The third kappa shape index (κ3) is 2.85. The van der Waals surface area contributed by atoms with Crippen molar-refractivity contribution >= 4 is 5.91 Å². The van der Waals surface area contributed by atoms with Crippen molar-refractivity contribution in [3.63, 3.8) is 0 Å². The Balaban J connectivity index is 2.54. The largest absolute Gasteiger partial charge is 0.368 e. The van der Waals surface area contributed by atoms with Crippen LogP contribution in [-0.4, -0.2) is 11.9 Å². The highest BCUT2D eigenvalue weighted by molar-refractivity contribution is 5.79. The standard InChI is InChI=1S/C11H16N2O/c1-8-5-3-4-6-10(8)7-13-9(2)11(12)14/h3-6,9,13H,7H2,1-2H3,(H2,12,14). The molecule has 1 rings (SSSR count). The van der Waals surface area contributed by atoms with Gasteiger partial charge in [-0.25, -0.2) is 0 Å². The first-order chi connectivity index (χ1) is 6.61. The number of hydrogen-bond acceptors (Lipinski definition) is 2. The van der Waals surface area contributed by atoms with E-state index in [4.69, 9.17) is 5.73 Å². The van der Waals surface area contributed by atoms with Gasteiger partial charge >= 0.3 is 0 Å². The van der Waals surface area contributed by atoms with Gasteiger partial charge in [-0.05, 0) is 25.0 Å². The fourth-order valence-electron chi connectivity index (χ4n) is 1.17. The summed E-state index contributed by atoms with van der Waals surface area (Å²) < 4.78 is 0. The third-order valence-corrected chi connectivity index (χ3v) is 2.29. The smallest absolute Gasteiger partial charge is 0.234 e. The molecule has 0 saturated carbocycles. The molecule has 0 aliphatic carbocycles. The van der Waals surface area contributed by atoms with Crippen LogP contribution in [0.15, 0.2) is 24.3 Å². The van der Waals surface area contributed by atoms with E-state index < -0.39 is 0 Å². The van der Waals surface area contributed by atoms with Crippen LogP contribution < -0.4 is 11.1 Å². The lowest BCUT2D eigenvalue weighted by Gasteiger charge is -2.11. The van der Waals surface area contributed by atoms with Crippen LogP contribution in [0.3, 0.4) is 0 Å². The third-order valence-electron chi connectivity index (χ3n) is 2.29. The van der Waals surface area contributed by atoms with Gasteiger partial charge in [-0.15, -0.1) is 0 Å². The molecular weight excluding hydrogens is 176 g/mol. The van der Waals surface area contributed by atoms with Gasteiger partial charge in [-0.1, -0.05) is 24.3 Å². The first-order valence-corrected chi connectivity index (χ1v) is 4.68. The number of carbonyl (C=O) groups excluding carboxylic acids is 1. The van der Waals surface area contributed by atoms with Gasteiger partial charge in [0.2, 0.25) is 5.91 Å². The van der Waals surface area contributed by atoms with Crippen molar-refractivity contribution in [2.75, 3.05) is 0 Å². The second-order valence-corrected chi connectivity index (χ2v) is 3.43. The van der Waals surface area contributed by atoms with E-state index in [1.165, 1.54) is 11.1 Å². The molecule has 0 spiro atoms. The van der Waals surface area contributed by atoms with Crippen LogP contribution in [0.2, 0.25) is 0 Å². The zero-order valence-electron chi connectivity index (χ0n) is 8.58. The second-order valence-electron chi connectivity index (χ2n) is 3.43. The van der Waals surface area contributed by atoms with Gasteiger partial charge in [0.25, 0.3) is 0 Å². The minimum Gasteiger partial charge on any atom is -0.368 e. The van der Waals surface area contributed by atoms with Gasteiger partial charge in [0.1, 0.15) is 0 Å². The maximum atomic E-state index is 10.8. The van der Waals surface area contributed by atoms with Crippen molar-refractivity contribution in [2.24, 2.45) is 5.73 Å². The molecule has 3 nitrogen and oxygen atoms in total. The van der Waals surface area contributed by atoms with E-state index >= 15 is 0 Å². The summed E-state index contributed by atoms with van der Waals surface area (Å²) in [4.78, 5) is 10.8. The van der Waals surface area contributed by atoms with E-state index in [1.807, 2.05) is 31.2 Å². The summed E-state index contributed by atoms with van der Waals surface area (Å²) in [7, 11) is 0. The van der Waals surface area contributed by atoms with Gasteiger partial charge in [-0.2, -0.15) is 0 Å². The molecule has 0 aliphatic rings. The fourth-order valence-corrected chi connectivity index (χ4v) is 1.17. The number of amides is 1. The van der Waals surface area contributed by atoms with E-state index in [2.05, 4.69) is 5.32 Å². The van der Waals surface area contributed by atoms with Crippen LogP contribution in [0.1, 0.15) is 18.1 Å². The van der Waals surface area contributed by atoms with Crippen LogP contribution in [-0.2, 0) is 11.3 Å². The first kappa shape index (κ1) is 10.7. The van der Waals surface area contributed by atoms with Crippen molar-refractivity contribution in [3.05, 3.63) is 35.4 Å². The number of rotatable bonds is 4. The monoisotopic (exact) mass is 192 g/mol. The molecule has 0 fully saturated rings. The van der Waals surface area contributed by atoms with Gasteiger partial charge in [0.05, 0.1) is 6.04 Å². The molecule has 14 heavy (non-hydrogen) atoms. The predicted octanol–water partition coefficient (Wildman–Crippen LogP) is 0.958. The summed E-state index contributed by atoms with van der Waals surface area (Å²) in [6.45, 7) is 4.49. The Bertz CT molecular complexity index is 323. The number of nitrogens with two attached hydrogens (primary N) is 1. The summed E-state index contributed by atoms with van der Waals surface area (Å²) in [5, 5.41) is 3.06. The fraction of sp³-hybridized carbons (Fsp3) is 0.364. The lowest BCUT2D eigenvalue weighted by molar-refractivity contribution is -0.119. The summed E-state index contributed by atoms with van der Waals surface area (Å²) in [5.41, 5.74) is 7.55. The number of carbonyl (C=O) groups is 1. The van der Waals surface area contributed by atoms with Crippen LogP contribution in [0.25, 0.3) is 0 Å². The lowest BCUT2D eigenvalue weighted by atomic mass is 10.1. The van der Waals surface area contributed by atoms with Crippen LogP contribution >= 0.6 is 0 Å². The van der Waals surface area contributed by atoms with Crippen molar-refractivity contribution in [3.8, 4) is 0 Å². The molecule has 0 heterocycles. The Hall–Kier alpha value is -1.35. The lowest BCUT2D eigenvalue weighted by Crippen LogP contribution is -2.38. The molecule has 0 aliphatic heterocycles. The second kappa shape index (κ2) is 4.77. The number of hydrogen-bond donors (Lipinski definition) is 2. The Morgan fingerprint density at radius 1 is 1.50 bits per heavy atom. The van der Waals surface area contributed by atoms with Gasteiger partial charge in [0, 0.05) is 6.54 Å². The van der Waals surface area contributed by atoms with E-state index in [0.717, 1.165) is 0 Å². The number of aryl methyl sites for hydroxylation is 1. The Labute approximate surface area is 84.3 Å². The molecule has 3 N–H and O–H groups in total. The number of benzene rings is 1. The van der Waals surface area contributed by atoms with E-state index in [-0.39, 0.29) is 11.9 Å². The SMILES string of the molecule is Cc1ccccc1CNC(C)C(N)=O. The van der Waals surface area contributed by atoms with Crippen LogP contribution in [0, 0.1) is 6.92 Å². The zero-order chi connectivity index (χ0) is 10.6. The Kier molecular flexibility index (Phi) is 3.65. The van der Waals surface area contributed by atoms with Crippen molar-refractivity contribution in [1.82, 2.24) is 5.32 Å². The van der Waals surface area contributed by atoms with Crippen molar-refractivity contribution in [2.45, 2.75) is 26.4 Å². The minimum absolute atomic E-state index is 0.283. The maximum absolute atomic E-state index is 10.8. The summed E-state index contributed by atoms with van der Waals surface area (Å²) in [6, 6.07) is 7.78. The van der Waals surface area contributed by atoms with E-state index in [0.29, 0.717) is 6.54 Å². The quantitative estimate of drug-likeness (QED) is 0.746. The molecular formula is C11H16N2O. The number of nitrogens with one attached hydrogen (secondary N) is 1. The molecule has 0 radical (unpaired) electrons. The predicted molar refractivity (Wildman–Crippen MR) is 56.7 cm³/mol. The van der Waals surface area contributed by atoms with Gasteiger partial charge < -0.3 is 11.1 Å². The average molecular weight is 192 g/mol. The van der Waals surface area contributed by atoms with Crippen LogP contribution in [0.4, 0.5) is 0 Å². The molecule has 1 atom stereocenters. The first-order valence-electron chi connectivity index (χ1n) is 4.68. The van der Waals surface area contributed by atoms with Gasteiger partial charge in [0.15, 0.2) is 0 Å². The molecule has 76 valence electrons. The molecule has 0 aromatic heterocycles. The van der Waals surface area contributed by atoms with E-state index in [9.17, 15) is 4.79 Å². The van der Waals surface area contributed by atoms with Gasteiger partial charge in [-0.3, -0.25) is 4.79 Å². The molecule has 1 amide bonds. The van der Waals surface area contributed by atoms with Crippen molar-refractivity contribution in [1.29, 1.82) is 0 Å².